The Labute approximate surface area is 220 Å². The zero-order valence-electron chi connectivity index (χ0n) is 20.7. The first kappa shape index (κ1) is 24.6. The third kappa shape index (κ3) is 5.34. The van der Waals surface area contributed by atoms with Crippen molar-refractivity contribution in [2.45, 2.75) is 6.61 Å². The molecule has 6 heteroatoms. The van der Waals surface area contributed by atoms with Crippen molar-refractivity contribution in [2.75, 3.05) is 7.11 Å². The van der Waals surface area contributed by atoms with E-state index in [4.69, 9.17) is 19.9 Å². The minimum absolute atomic E-state index is 0.273. The van der Waals surface area contributed by atoms with E-state index in [-0.39, 0.29) is 5.56 Å². The molecule has 38 heavy (non-hydrogen) atoms. The Bertz CT molecular complexity index is 1630. The van der Waals surface area contributed by atoms with Gasteiger partial charge in [0.25, 0.3) is 0 Å². The van der Waals surface area contributed by atoms with Gasteiger partial charge in [0.1, 0.15) is 23.9 Å². The van der Waals surface area contributed by atoms with Gasteiger partial charge in [0, 0.05) is 5.56 Å². The van der Waals surface area contributed by atoms with Gasteiger partial charge < -0.3 is 19.9 Å². The Hall–Kier alpha value is -5.10. The summed E-state index contributed by atoms with van der Waals surface area (Å²) in [6.45, 7) is 0.496. The number of rotatable bonds is 8. The molecule has 5 rings (SSSR count). The van der Waals surface area contributed by atoms with Crippen molar-refractivity contribution in [1.29, 1.82) is 0 Å². The average molecular weight is 504 g/mol. The van der Waals surface area contributed by atoms with E-state index in [1.54, 1.807) is 42.5 Å². The molecule has 0 saturated carbocycles. The molecule has 0 spiro atoms. The van der Waals surface area contributed by atoms with Crippen LogP contribution < -0.4 is 15.2 Å². The normalized spacial score (nSPS) is 10.7. The van der Waals surface area contributed by atoms with Crippen LogP contribution in [0.2, 0.25) is 0 Å². The molecule has 0 aliphatic rings. The maximum Gasteiger partial charge on any atom is 0.338 e. The van der Waals surface area contributed by atoms with Crippen molar-refractivity contribution in [2.24, 2.45) is 5.73 Å². The average Bonchev–Trinajstić information content (AvgIpc) is 2.96. The second-order valence-corrected chi connectivity index (χ2v) is 8.66. The minimum atomic E-state index is -0.609. The quantitative estimate of drug-likeness (QED) is 0.236. The molecule has 0 radical (unpaired) electrons. The van der Waals surface area contributed by atoms with Gasteiger partial charge in [0.15, 0.2) is 0 Å². The Morgan fingerprint density at radius 1 is 0.658 bits per heavy atom. The number of hydrogen-bond donors (Lipinski definition) is 1. The van der Waals surface area contributed by atoms with Crippen LogP contribution in [0, 0.1) is 0 Å². The van der Waals surface area contributed by atoms with Crippen LogP contribution in [0.5, 0.6) is 17.2 Å². The van der Waals surface area contributed by atoms with Crippen molar-refractivity contribution in [3.05, 3.63) is 126 Å². The summed E-state index contributed by atoms with van der Waals surface area (Å²) in [5, 5.41) is 2.00. The number of hydrogen-bond acceptors (Lipinski definition) is 5. The zero-order valence-corrected chi connectivity index (χ0v) is 20.7. The number of carbonyl (C=O) groups is 2. The van der Waals surface area contributed by atoms with Crippen LogP contribution >= 0.6 is 0 Å². The van der Waals surface area contributed by atoms with E-state index >= 15 is 0 Å². The fourth-order valence-electron chi connectivity index (χ4n) is 4.26. The lowest BCUT2D eigenvalue weighted by molar-refractivity contribution is 0.0601. The van der Waals surface area contributed by atoms with Crippen LogP contribution in [0.15, 0.2) is 109 Å². The largest absolute Gasteiger partial charge is 0.489 e. The van der Waals surface area contributed by atoms with Crippen molar-refractivity contribution >= 4 is 22.6 Å². The highest BCUT2D eigenvalue weighted by Gasteiger charge is 2.18. The summed E-state index contributed by atoms with van der Waals surface area (Å²) in [5.41, 5.74) is 8.35. The number of ether oxygens (including phenoxy) is 3. The molecule has 0 heterocycles. The van der Waals surface area contributed by atoms with Crippen LogP contribution in [-0.4, -0.2) is 19.0 Å². The first-order valence-corrected chi connectivity index (χ1v) is 12.0. The van der Waals surface area contributed by atoms with Crippen molar-refractivity contribution < 1.29 is 23.8 Å². The van der Waals surface area contributed by atoms with Gasteiger partial charge in [-0.05, 0) is 76.0 Å². The maximum atomic E-state index is 12.3. The highest BCUT2D eigenvalue weighted by Crippen LogP contribution is 2.34. The number of amides is 1. The smallest absolute Gasteiger partial charge is 0.338 e. The van der Waals surface area contributed by atoms with Gasteiger partial charge >= 0.3 is 5.97 Å². The molecule has 0 saturated heterocycles. The van der Waals surface area contributed by atoms with E-state index in [0.29, 0.717) is 34.8 Å². The van der Waals surface area contributed by atoms with E-state index in [1.165, 1.54) is 7.11 Å². The number of carbonyl (C=O) groups excluding carboxylic acids is 2. The minimum Gasteiger partial charge on any atom is -0.489 e. The van der Waals surface area contributed by atoms with E-state index in [0.717, 1.165) is 22.1 Å². The van der Waals surface area contributed by atoms with E-state index < -0.39 is 11.9 Å². The summed E-state index contributed by atoms with van der Waals surface area (Å²) in [6.07, 6.45) is 0. The number of fused-ring (bicyclic) bond motifs is 1. The van der Waals surface area contributed by atoms with Gasteiger partial charge in [-0.1, -0.05) is 60.7 Å². The van der Waals surface area contributed by atoms with Gasteiger partial charge in [0.05, 0.1) is 12.7 Å². The second kappa shape index (κ2) is 10.9. The van der Waals surface area contributed by atoms with Gasteiger partial charge in [0.2, 0.25) is 5.91 Å². The van der Waals surface area contributed by atoms with Gasteiger partial charge in [-0.2, -0.15) is 0 Å². The summed E-state index contributed by atoms with van der Waals surface area (Å²) >= 11 is 0. The molecule has 0 fully saturated rings. The Balaban J connectivity index is 1.41. The van der Waals surface area contributed by atoms with Crippen LogP contribution in [0.4, 0.5) is 0 Å². The highest BCUT2D eigenvalue weighted by molar-refractivity contribution is 6.04. The molecular weight excluding hydrogens is 478 g/mol. The lowest BCUT2D eigenvalue weighted by atomic mass is 9.94. The molecule has 0 bridgehead atoms. The summed E-state index contributed by atoms with van der Waals surface area (Å²) in [6, 6.07) is 33.5. The van der Waals surface area contributed by atoms with Gasteiger partial charge in [-0.3, -0.25) is 4.79 Å². The first-order valence-electron chi connectivity index (χ1n) is 12.0. The summed E-state index contributed by atoms with van der Waals surface area (Å²) < 4.78 is 17.0. The second-order valence-electron chi connectivity index (χ2n) is 8.66. The van der Waals surface area contributed by atoms with Crippen LogP contribution in [0.1, 0.15) is 26.3 Å². The van der Waals surface area contributed by atoms with Crippen LogP contribution in [-0.2, 0) is 11.3 Å². The zero-order chi connectivity index (χ0) is 26.5. The van der Waals surface area contributed by atoms with E-state index in [1.807, 2.05) is 66.7 Å². The molecule has 0 aromatic heterocycles. The highest BCUT2D eigenvalue weighted by atomic mass is 16.5. The number of nitrogens with two attached hydrogens (primary N) is 1. The van der Waals surface area contributed by atoms with Crippen molar-refractivity contribution in [3.8, 4) is 28.4 Å². The number of primary amides is 1. The fourth-order valence-corrected chi connectivity index (χ4v) is 4.26. The standard InChI is InChI=1S/C32H25NO5/c1-36-32(35)29-10-6-5-9-27(29)30-19-26(15-16-28(30)31(33)34)38-25-14-12-22-17-24(13-11-23(22)18-25)37-20-21-7-3-2-4-8-21/h2-19H,20H2,1H3,(H2,33,34). The molecule has 1 amide bonds. The molecule has 188 valence electrons. The molecule has 0 aliphatic carbocycles. The predicted octanol–water partition coefficient (Wildman–Crippen LogP) is 6.76. The Kier molecular flexibility index (Phi) is 7.04. The lowest BCUT2D eigenvalue weighted by Crippen LogP contribution is -2.13. The number of benzene rings is 5. The van der Waals surface area contributed by atoms with Gasteiger partial charge in [-0.25, -0.2) is 4.79 Å². The van der Waals surface area contributed by atoms with Crippen molar-refractivity contribution in [3.63, 3.8) is 0 Å². The third-order valence-electron chi connectivity index (χ3n) is 6.15. The van der Waals surface area contributed by atoms with Crippen LogP contribution in [0.25, 0.3) is 21.9 Å². The molecule has 5 aromatic carbocycles. The summed E-state index contributed by atoms with van der Waals surface area (Å²) in [5.74, 6) is 0.776. The number of esters is 1. The SMILES string of the molecule is COC(=O)c1ccccc1-c1cc(Oc2ccc3cc(OCc4ccccc4)ccc3c2)ccc1C(N)=O. The monoisotopic (exact) mass is 503 g/mol. The maximum absolute atomic E-state index is 12.3. The Morgan fingerprint density at radius 3 is 2.03 bits per heavy atom. The molecule has 0 unspecified atom stereocenters. The molecular formula is C32H25NO5. The summed E-state index contributed by atoms with van der Waals surface area (Å²) in [4.78, 5) is 24.5. The molecule has 5 aromatic rings. The Morgan fingerprint density at radius 2 is 1.29 bits per heavy atom. The molecule has 0 atom stereocenters. The van der Waals surface area contributed by atoms with Crippen LogP contribution in [0.3, 0.4) is 0 Å². The third-order valence-corrected chi connectivity index (χ3v) is 6.15. The van der Waals surface area contributed by atoms with Gasteiger partial charge in [-0.15, -0.1) is 0 Å². The van der Waals surface area contributed by atoms with E-state index in [9.17, 15) is 9.59 Å². The van der Waals surface area contributed by atoms with E-state index in [2.05, 4.69) is 0 Å². The topological polar surface area (TPSA) is 87.8 Å². The predicted molar refractivity (Wildman–Crippen MR) is 147 cm³/mol. The fraction of sp³-hybridized carbons (Fsp3) is 0.0625. The molecule has 0 aliphatic heterocycles. The molecule has 2 N–H and O–H groups in total. The first-order chi connectivity index (χ1) is 18.5. The molecule has 6 nitrogen and oxygen atoms in total. The lowest BCUT2D eigenvalue weighted by Gasteiger charge is -2.14. The van der Waals surface area contributed by atoms with Crippen molar-refractivity contribution in [1.82, 2.24) is 0 Å². The summed E-state index contributed by atoms with van der Waals surface area (Å²) in [7, 11) is 1.31. The number of methoxy groups -OCH3 is 1.